The molecular weight excluding hydrogens is 526 g/mol. The Kier molecular flexibility index (Phi) is 9.21. The number of hydrogen-bond donors (Lipinski definition) is 3. The largest absolute Gasteiger partial charge is 0.444 e. The molecule has 1 aliphatic carbocycles. The minimum absolute atomic E-state index is 0.0294. The van der Waals surface area contributed by atoms with Crippen LogP contribution in [-0.2, 0) is 26.2 Å². The van der Waals surface area contributed by atoms with Crippen molar-refractivity contribution in [2.24, 2.45) is 13.0 Å². The Morgan fingerprint density at radius 1 is 1.07 bits per heavy atom. The molecule has 0 bridgehead atoms. The molecule has 2 aromatic rings. The minimum Gasteiger partial charge on any atom is -0.444 e. The fourth-order valence-corrected chi connectivity index (χ4v) is 5.34. The van der Waals surface area contributed by atoms with E-state index in [-0.39, 0.29) is 42.3 Å². The van der Waals surface area contributed by atoms with Gasteiger partial charge in [0.15, 0.2) is 0 Å². The third-order valence-electron chi connectivity index (χ3n) is 7.44. The summed E-state index contributed by atoms with van der Waals surface area (Å²) in [5, 5.41) is 8.21. The van der Waals surface area contributed by atoms with Gasteiger partial charge < -0.3 is 15.4 Å². The number of aromatic nitrogens is 2. The molecule has 4 rings (SSSR count). The maximum atomic E-state index is 12.9. The first-order chi connectivity index (χ1) is 19.4. The number of imide groups is 1. The van der Waals surface area contributed by atoms with E-state index in [1.807, 2.05) is 32.9 Å². The predicted molar refractivity (Wildman–Crippen MR) is 153 cm³/mol. The second-order valence-electron chi connectivity index (χ2n) is 11.8. The van der Waals surface area contributed by atoms with Crippen LogP contribution < -0.4 is 21.6 Å². The number of carbonyl (C=O) groups is 4. The Morgan fingerprint density at radius 2 is 1.80 bits per heavy atom. The lowest BCUT2D eigenvalue weighted by molar-refractivity contribution is -0.135. The van der Waals surface area contributed by atoms with E-state index in [4.69, 9.17) is 4.74 Å². The van der Waals surface area contributed by atoms with Crippen molar-refractivity contribution in [1.82, 2.24) is 25.1 Å². The van der Waals surface area contributed by atoms with Gasteiger partial charge in [0.05, 0.1) is 11.0 Å². The molecule has 0 radical (unpaired) electrons. The fraction of sp³-hybridized carbons (Fsp3) is 0.567. The maximum Gasteiger partial charge on any atom is 0.407 e. The van der Waals surface area contributed by atoms with Crippen LogP contribution >= 0.6 is 0 Å². The molecule has 2 fully saturated rings. The molecule has 1 saturated heterocycles. The number of alkyl carbamates (subject to hydrolysis) is 1. The van der Waals surface area contributed by atoms with Crippen LogP contribution in [0.15, 0.2) is 23.0 Å². The molecule has 4 amide bonds. The Labute approximate surface area is 239 Å². The lowest BCUT2D eigenvalue weighted by Crippen LogP contribution is -2.44. The van der Waals surface area contributed by atoms with Crippen molar-refractivity contribution in [3.8, 4) is 11.8 Å². The van der Waals surface area contributed by atoms with Crippen LogP contribution in [0.1, 0.15) is 83.7 Å². The second kappa shape index (κ2) is 12.6. The fourth-order valence-electron chi connectivity index (χ4n) is 5.34. The predicted octanol–water partition coefficient (Wildman–Crippen LogP) is 2.65. The summed E-state index contributed by atoms with van der Waals surface area (Å²) in [5.41, 5.74) is 1.17. The summed E-state index contributed by atoms with van der Waals surface area (Å²) in [4.78, 5) is 61.3. The molecule has 1 atom stereocenters. The second-order valence-corrected chi connectivity index (χ2v) is 11.8. The lowest BCUT2D eigenvalue weighted by atomic mass is 9.85. The van der Waals surface area contributed by atoms with E-state index in [2.05, 4.69) is 27.8 Å². The first-order valence-electron chi connectivity index (χ1n) is 14.2. The van der Waals surface area contributed by atoms with Crippen molar-refractivity contribution < 1.29 is 23.9 Å². The van der Waals surface area contributed by atoms with Crippen LogP contribution in [0.4, 0.5) is 4.79 Å². The zero-order valence-electron chi connectivity index (χ0n) is 24.2. The summed E-state index contributed by atoms with van der Waals surface area (Å²) in [6.45, 7) is 6.02. The molecule has 1 aromatic heterocycles. The van der Waals surface area contributed by atoms with Gasteiger partial charge in [-0.05, 0) is 77.5 Å². The normalized spacial score (nSPS) is 21.0. The zero-order chi connectivity index (χ0) is 29.7. The number of benzene rings is 1. The molecule has 1 aromatic carbocycles. The third-order valence-corrected chi connectivity index (χ3v) is 7.44. The van der Waals surface area contributed by atoms with E-state index >= 15 is 0 Å². The summed E-state index contributed by atoms with van der Waals surface area (Å²) in [7, 11) is 1.65. The van der Waals surface area contributed by atoms with Gasteiger partial charge in [0.25, 0.3) is 0 Å². The first kappa shape index (κ1) is 29.9. The van der Waals surface area contributed by atoms with E-state index in [9.17, 15) is 24.0 Å². The number of rotatable bonds is 6. The number of hydrogen-bond acceptors (Lipinski definition) is 6. The van der Waals surface area contributed by atoms with Crippen molar-refractivity contribution in [2.45, 2.75) is 89.8 Å². The number of piperidine rings is 1. The van der Waals surface area contributed by atoms with Crippen molar-refractivity contribution in [1.29, 1.82) is 0 Å². The van der Waals surface area contributed by atoms with Crippen LogP contribution in [0, 0.1) is 17.8 Å². The van der Waals surface area contributed by atoms with Crippen LogP contribution in [0.5, 0.6) is 0 Å². The molecule has 2 aliphatic rings. The van der Waals surface area contributed by atoms with Crippen LogP contribution in [0.3, 0.4) is 0 Å². The molecule has 11 heteroatoms. The number of nitrogens with zero attached hydrogens (tertiary/aromatic N) is 2. The van der Waals surface area contributed by atoms with Crippen molar-refractivity contribution in [3.05, 3.63) is 34.2 Å². The number of imidazole rings is 1. The van der Waals surface area contributed by atoms with Gasteiger partial charge in [-0.15, -0.1) is 0 Å². The topological polar surface area (TPSA) is 141 Å². The molecule has 11 nitrogen and oxygen atoms in total. The number of amides is 4. The van der Waals surface area contributed by atoms with E-state index < -0.39 is 23.6 Å². The highest BCUT2D eigenvalue weighted by atomic mass is 16.6. The number of nitrogens with one attached hydrogen (secondary N) is 3. The monoisotopic (exact) mass is 565 g/mol. The molecule has 0 spiro atoms. The van der Waals surface area contributed by atoms with Gasteiger partial charge in [0.1, 0.15) is 11.6 Å². The van der Waals surface area contributed by atoms with E-state index in [1.54, 1.807) is 13.1 Å². The van der Waals surface area contributed by atoms with Crippen LogP contribution in [-0.4, -0.2) is 51.1 Å². The van der Waals surface area contributed by atoms with Gasteiger partial charge in [0.2, 0.25) is 17.7 Å². The van der Waals surface area contributed by atoms with Crippen molar-refractivity contribution in [3.63, 3.8) is 0 Å². The highest BCUT2D eigenvalue weighted by Gasteiger charge is 2.31. The molecular formula is C30H39N5O6. The Bertz CT molecular complexity index is 1450. The molecule has 1 unspecified atom stereocenters. The smallest absolute Gasteiger partial charge is 0.407 e. The Hall–Kier alpha value is -4.07. The Balaban J connectivity index is 1.23. The van der Waals surface area contributed by atoms with Gasteiger partial charge >= 0.3 is 11.8 Å². The summed E-state index contributed by atoms with van der Waals surface area (Å²) in [5.74, 6) is 5.44. The summed E-state index contributed by atoms with van der Waals surface area (Å²) < 4.78 is 8.24. The lowest BCUT2D eigenvalue weighted by Gasteiger charge is -2.29. The quantitative estimate of drug-likeness (QED) is 0.280. The van der Waals surface area contributed by atoms with E-state index in [0.717, 1.165) is 31.2 Å². The average Bonchev–Trinajstić information content (AvgIpc) is 3.14. The minimum atomic E-state index is -0.722. The number of unbranched alkanes of at least 4 members (excludes halogenated alkanes) is 1. The Morgan fingerprint density at radius 3 is 2.49 bits per heavy atom. The van der Waals surface area contributed by atoms with Gasteiger partial charge in [0, 0.05) is 44.0 Å². The molecule has 2 heterocycles. The van der Waals surface area contributed by atoms with Gasteiger partial charge in [-0.2, -0.15) is 0 Å². The van der Waals surface area contributed by atoms with Crippen molar-refractivity contribution in [2.75, 3.05) is 6.54 Å². The number of ether oxygens (including phenoxy) is 1. The number of carbonyl (C=O) groups excluding carboxylic acids is 4. The van der Waals surface area contributed by atoms with Crippen LogP contribution in [0.2, 0.25) is 0 Å². The molecule has 41 heavy (non-hydrogen) atoms. The number of aryl methyl sites for hydroxylation is 1. The third kappa shape index (κ3) is 7.57. The van der Waals surface area contributed by atoms with Gasteiger partial charge in [-0.3, -0.25) is 28.8 Å². The summed E-state index contributed by atoms with van der Waals surface area (Å²) in [6, 6.07) is 4.72. The van der Waals surface area contributed by atoms with E-state index in [0.29, 0.717) is 30.4 Å². The zero-order valence-corrected chi connectivity index (χ0v) is 24.2. The first-order valence-corrected chi connectivity index (χ1v) is 14.2. The summed E-state index contributed by atoms with van der Waals surface area (Å²) >= 11 is 0. The SMILES string of the molecule is Cn1c(=O)n(C2CCC(=O)NC2=O)c2ccc(C#CCCCNC(=O)[C@H]3CC[C@H](NC(=O)OC(C)(C)C)CC3)cc21. The highest BCUT2D eigenvalue weighted by Crippen LogP contribution is 2.25. The highest BCUT2D eigenvalue weighted by molar-refractivity contribution is 6.00. The summed E-state index contributed by atoms with van der Waals surface area (Å²) in [6.07, 6.45) is 4.31. The molecule has 220 valence electrons. The number of fused-ring (bicyclic) bond motifs is 1. The molecule has 1 saturated carbocycles. The average molecular weight is 566 g/mol. The van der Waals surface area contributed by atoms with Gasteiger partial charge in [-0.1, -0.05) is 11.8 Å². The molecule has 3 N–H and O–H groups in total. The van der Waals surface area contributed by atoms with Gasteiger partial charge in [-0.25, -0.2) is 9.59 Å². The molecule has 1 aliphatic heterocycles. The van der Waals surface area contributed by atoms with Crippen LogP contribution in [0.25, 0.3) is 11.0 Å². The van der Waals surface area contributed by atoms with Crippen molar-refractivity contribution >= 4 is 34.8 Å². The standard InChI is InChI=1S/C30H39N5O6/c1-30(2,3)41-28(39)32-21-12-10-20(11-13-21)26(37)31-17-7-5-6-8-19-9-14-22-24(18-19)34(4)29(40)35(22)23-15-16-25(36)33-27(23)38/h9,14,18,20-21,23H,5,7,10-13,15-17H2,1-4H3,(H,31,37)(H,32,39)(H,33,36,38)/t20-,21-,23?. The maximum absolute atomic E-state index is 12.9. The van der Waals surface area contributed by atoms with E-state index in [1.165, 1.54) is 9.13 Å².